The Kier molecular flexibility index (Phi) is 2.65. The van der Waals surface area contributed by atoms with E-state index >= 15 is 0 Å². The minimum Gasteiger partial charge on any atom is -0.292 e. The molecule has 0 atom stereocenters. The minimum absolute atomic E-state index is 0.239. The summed E-state index contributed by atoms with van der Waals surface area (Å²) in [5, 5.41) is 8.22. The third-order valence-corrected chi connectivity index (χ3v) is 2.37. The summed E-state index contributed by atoms with van der Waals surface area (Å²) in [6.07, 6.45) is 6.89. The summed E-state index contributed by atoms with van der Waals surface area (Å²) in [5.74, 6) is 6.32. The van der Waals surface area contributed by atoms with E-state index in [1.807, 2.05) is 13.1 Å². The predicted molar refractivity (Wildman–Crippen MR) is 66.6 cm³/mol. The number of rotatable bonds is 3. The van der Waals surface area contributed by atoms with Crippen molar-refractivity contribution in [2.75, 3.05) is 5.43 Å². The molecule has 3 N–H and O–H groups in total. The molecule has 0 saturated carbocycles. The summed E-state index contributed by atoms with van der Waals surface area (Å²) in [4.78, 5) is 12.6. The maximum Gasteiger partial charge on any atom is 0.257 e. The average molecular weight is 257 g/mol. The van der Waals surface area contributed by atoms with Gasteiger partial charge in [-0.2, -0.15) is 25.1 Å². The Morgan fingerprint density at radius 3 is 2.47 bits per heavy atom. The summed E-state index contributed by atoms with van der Waals surface area (Å²) in [6, 6.07) is 1.77. The van der Waals surface area contributed by atoms with Crippen molar-refractivity contribution in [3.8, 4) is 11.9 Å². The molecule has 19 heavy (non-hydrogen) atoms. The normalized spacial score (nSPS) is 10.6. The molecule has 0 spiro atoms. The van der Waals surface area contributed by atoms with Crippen LogP contribution in [-0.2, 0) is 0 Å². The number of nitrogens with zero attached hydrogens (tertiary/aromatic N) is 7. The van der Waals surface area contributed by atoms with Crippen molar-refractivity contribution in [1.29, 1.82) is 0 Å². The molecule has 9 nitrogen and oxygen atoms in total. The van der Waals surface area contributed by atoms with Gasteiger partial charge in [-0.3, -0.25) is 5.43 Å². The minimum atomic E-state index is 0.239. The molecule has 3 aromatic heterocycles. The van der Waals surface area contributed by atoms with Crippen LogP contribution in [0.2, 0.25) is 0 Å². The van der Waals surface area contributed by atoms with Gasteiger partial charge in [-0.1, -0.05) is 0 Å². The van der Waals surface area contributed by atoms with Gasteiger partial charge >= 0.3 is 0 Å². The van der Waals surface area contributed by atoms with E-state index in [1.165, 1.54) is 4.68 Å². The molecule has 0 bridgehead atoms. The molecular weight excluding hydrogens is 246 g/mol. The van der Waals surface area contributed by atoms with E-state index in [4.69, 9.17) is 5.84 Å². The van der Waals surface area contributed by atoms with Gasteiger partial charge in [-0.05, 0) is 18.6 Å². The first-order valence-corrected chi connectivity index (χ1v) is 5.50. The highest BCUT2D eigenvalue weighted by Gasteiger charge is 2.10. The highest BCUT2D eigenvalue weighted by molar-refractivity contribution is 5.31. The number of hydrazine groups is 1. The quantitative estimate of drug-likeness (QED) is 0.495. The second-order valence-electron chi connectivity index (χ2n) is 3.82. The van der Waals surface area contributed by atoms with Gasteiger partial charge in [-0.25, -0.2) is 15.2 Å². The fourth-order valence-corrected chi connectivity index (χ4v) is 1.53. The van der Waals surface area contributed by atoms with Gasteiger partial charge in [-0.15, -0.1) is 0 Å². The summed E-state index contributed by atoms with van der Waals surface area (Å²) in [5.41, 5.74) is 3.40. The maximum atomic E-state index is 5.36. The molecule has 0 amide bonds. The topological polar surface area (TPSA) is 112 Å². The van der Waals surface area contributed by atoms with Gasteiger partial charge in [0, 0.05) is 18.6 Å². The van der Waals surface area contributed by atoms with Crippen LogP contribution in [0.4, 0.5) is 5.95 Å². The SMILES string of the molecule is Cc1cnn(-c2nc(NN)nc(-n3cccn3)n2)c1. The third-order valence-electron chi connectivity index (χ3n) is 2.37. The van der Waals surface area contributed by atoms with Crippen molar-refractivity contribution in [2.45, 2.75) is 6.92 Å². The van der Waals surface area contributed by atoms with Crippen LogP contribution in [0.5, 0.6) is 0 Å². The number of hydrogen-bond donors (Lipinski definition) is 2. The van der Waals surface area contributed by atoms with Crippen LogP contribution in [0, 0.1) is 6.92 Å². The highest BCUT2D eigenvalue weighted by Crippen LogP contribution is 2.08. The van der Waals surface area contributed by atoms with Gasteiger partial charge in [0.05, 0.1) is 6.20 Å². The van der Waals surface area contributed by atoms with Crippen molar-refractivity contribution in [3.05, 3.63) is 36.4 Å². The fourth-order valence-electron chi connectivity index (χ4n) is 1.53. The first-order chi connectivity index (χ1) is 9.26. The predicted octanol–water partition coefficient (Wildman–Crippen LogP) is -0.163. The highest BCUT2D eigenvalue weighted by atomic mass is 15.4. The van der Waals surface area contributed by atoms with E-state index in [9.17, 15) is 0 Å². The van der Waals surface area contributed by atoms with Crippen LogP contribution in [0.3, 0.4) is 0 Å². The molecular formula is C10H11N9. The van der Waals surface area contributed by atoms with Gasteiger partial charge in [0.2, 0.25) is 5.95 Å². The number of aryl methyl sites for hydroxylation is 1. The maximum absolute atomic E-state index is 5.36. The summed E-state index contributed by atoms with van der Waals surface area (Å²) in [6.45, 7) is 1.93. The van der Waals surface area contributed by atoms with E-state index in [0.29, 0.717) is 11.9 Å². The molecule has 3 aromatic rings. The largest absolute Gasteiger partial charge is 0.292 e. The number of hydrogen-bond acceptors (Lipinski definition) is 7. The smallest absolute Gasteiger partial charge is 0.257 e. The molecule has 0 fully saturated rings. The second-order valence-corrected chi connectivity index (χ2v) is 3.82. The van der Waals surface area contributed by atoms with Crippen LogP contribution in [0.15, 0.2) is 30.9 Å². The zero-order chi connectivity index (χ0) is 13.2. The van der Waals surface area contributed by atoms with Gasteiger partial charge in [0.1, 0.15) is 0 Å². The fraction of sp³-hybridized carbons (Fsp3) is 0.100. The summed E-state index contributed by atoms with van der Waals surface area (Å²) in [7, 11) is 0. The number of nitrogens with two attached hydrogens (primary N) is 1. The molecule has 0 aliphatic heterocycles. The molecule has 3 heterocycles. The molecule has 9 heteroatoms. The second kappa shape index (κ2) is 4.46. The van der Waals surface area contributed by atoms with Crippen molar-refractivity contribution < 1.29 is 0 Å². The first-order valence-electron chi connectivity index (χ1n) is 5.50. The van der Waals surface area contributed by atoms with E-state index in [-0.39, 0.29) is 5.95 Å². The van der Waals surface area contributed by atoms with Crippen LogP contribution in [0.1, 0.15) is 5.56 Å². The van der Waals surface area contributed by atoms with E-state index in [1.54, 1.807) is 29.3 Å². The molecule has 0 saturated heterocycles. The number of nitrogens with one attached hydrogen (secondary N) is 1. The Hall–Kier alpha value is -2.81. The van der Waals surface area contributed by atoms with E-state index in [0.717, 1.165) is 5.56 Å². The lowest BCUT2D eigenvalue weighted by Gasteiger charge is -2.05. The van der Waals surface area contributed by atoms with Gasteiger partial charge in [0.15, 0.2) is 0 Å². The molecule has 0 aromatic carbocycles. The molecule has 0 aliphatic rings. The van der Waals surface area contributed by atoms with Crippen LogP contribution >= 0.6 is 0 Å². The Balaban J connectivity index is 2.12. The number of anilines is 1. The first kappa shape index (κ1) is 11.3. The van der Waals surface area contributed by atoms with Crippen molar-refractivity contribution in [2.24, 2.45) is 5.84 Å². The Morgan fingerprint density at radius 1 is 1.11 bits per heavy atom. The zero-order valence-corrected chi connectivity index (χ0v) is 10.1. The lowest BCUT2D eigenvalue weighted by Crippen LogP contribution is -2.16. The molecule has 3 rings (SSSR count). The molecule has 0 unspecified atom stereocenters. The van der Waals surface area contributed by atoms with Crippen molar-refractivity contribution in [3.63, 3.8) is 0 Å². The molecule has 0 aliphatic carbocycles. The molecule has 96 valence electrons. The van der Waals surface area contributed by atoms with Crippen LogP contribution in [-0.4, -0.2) is 34.5 Å². The average Bonchev–Trinajstić information content (AvgIpc) is 3.09. The van der Waals surface area contributed by atoms with Gasteiger partial charge in [0.25, 0.3) is 11.9 Å². The van der Waals surface area contributed by atoms with Crippen molar-refractivity contribution in [1.82, 2.24) is 34.5 Å². The number of nitrogen functional groups attached to an aromatic ring is 1. The lowest BCUT2D eigenvalue weighted by molar-refractivity contribution is 0.745. The Bertz CT molecular complexity index is 685. The third kappa shape index (κ3) is 2.13. The van der Waals surface area contributed by atoms with Gasteiger partial charge < -0.3 is 0 Å². The van der Waals surface area contributed by atoms with Crippen molar-refractivity contribution >= 4 is 5.95 Å². The van der Waals surface area contributed by atoms with Crippen LogP contribution < -0.4 is 11.3 Å². The molecule has 0 radical (unpaired) electrons. The monoisotopic (exact) mass is 257 g/mol. The van der Waals surface area contributed by atoms with E-state index in [2.05, 4.69) is 30.6 Å². The summed E-state index contributed by atoms with van der Waals surface area (Å²) < 4.78 is 3.06. The Labute approximate surface area is 108 Å². The lowest BCUT2D eigenvalue weighted by atomic mass is 10.4. The van der Waals surface area contributed by atoms with E-state index < -0.39 is 0 Å². The standard InChI is InChI=1S/C10H11N9/c1-7-5-13-19(6-7)10-15-8(17-11)14-9(16-10)18-4-2-3-12-18/h2-6H,11H2,1H3,(H,14,15,16,17). The van der Waals surface area contributed by atoms with Crippen LogP contribution in [0.25, 0.3) is 11.9 Å². The zero-order valence-electron chi connectivity index (χ0n) is 10.1. The summed E-state index contributed by atoms with van der Waals surface area (Å²) >= 11 is 0. The Morgan fingerprint density at radius 2 is 1.89 bits per heavy atom. The number of aromatic nitrogens is 7.